The van der Waals surface area contributed by atoms with Crippen molar-refractivity contribution in [2.75, 3.05) is 25.1 Å². The number of nitrogens with zero attached hydrogens (tertiary/aromatic N) is 5. The van der Waals surface area contributed by atoms with Gasteiger partial charge < -0.3 is 9.74 Å². The Morgan fingerprint density at radius 2 is 2.26 bits per heavy atom. The van der Waals surface area contributed by atoms with Gasteiger partial charge in [0.1, 0.15) is 23.0 Å². The average molecular weight is 377 g/mol. The predicted molar refractivity (Wildman–Crippen MR) is 109 cm³/mol. The lowest BCUT2D eigenvalue weighted by atomic mass is 10.1. The van der Waals surface area contributed by atoms with Crippen LogP contribution in [0.1, 0.15) is 12.1 Å². The van der Waals surface area contributed by atoms with E-state index in [0.717, 1.165) is 51.2 Å². The Labute approximate surface area is 161 Å². The molecule has 0 unspecified atom stereocenters. The maximum absolute atomic E-state index is 5.32. The summed E-state index contributed by atoms with van der Waals surface area (Å²) in [5, 5.41) is 5.20. The van der Waals surface area contributed by atoms with Gasteiger partial charge in [-0.05, 0) is 24.3 Å². The molecule has 0 bridgehead atoms. The van der Waals surface area contributed by atoms with Crippen LogP contribution in [0.3, 0.4) is 0 Å². The Kier molecular flexibility index (Phi) is 4.93. The standard InChI is InChI=1S/C20H19N5OS/c1-3-11-26-24-16-8-10-25(2)17-7-6-15(23-19(16)17)18-13-22-20(27-18)14-5-4-9-21-12-14/h3-7,9,12-13H,1,8,10-11H2,2H3/b24-16+. The van der Waals surface area contributed by atoms with Gasteiger partial charge in [-0.2, -0.15) is 0 Å². The van der Waals surface area contributed by atoms with E-state index in [0.29, 0.717) is 6.61 Å². The molecule has 0 saturated carbocycles. The van der Waals surface area contributed by atoms with Crippen LogP contribution in [0.2, 0.25) is 0 Å². The Hall–Kier alpha value is -3.06. The van der Waals surface area contributed by atoms with Gasteiger partial charge in [-0.1, -0.05) is 17.8 Å². The van der Waals surface area contributed by atoms with Crippen molar-refractivity contribution in [1.82, 2.24) is 15.0 Å². The molecule has 0 N–H and O–H groups in total. The highest BCUT2D eigenvalue weighted by atomic mass is 32.1. The van der Waals surface area contributed by atoms with Crippen LogP contribution in [-0.4, -0.2) is 40.9 Å². The van der Waals surface area contributed by atoms with Gasteiger partial charge in [0.2, 0.25) is 0 Å². The molecule has 0 fully saturated rings. The highest BCUT2D eigenvalue weighted by molar-refractivity contribution is 7.18. The van der Waals surface area contributed by atoms with Crippen LogP contribution in [0.5, 0.6) is 0 Å². The largest absolute Gasteiger partial charge is 0.391 e. The normalized spacial score (nSPS) is 14.9. The van der Waals surface area contributed by atoms with Crippen LogP contribution in [0.25, 0.3) is 21.1 Å². The van der Waals surface area contributed by atoms with E-state index in [-0.39, 0.29) is 0 Å². The quantitative estimate of drug-likeness (QED) is 0.382. The minimum Gasteiger partial charge on any atom is -0.391 e. The second-order valence-corrected chi connectivity index (χ2v) is 7.16. The summed E-state index contributed by atoms with van der Waals surface area (Å²) in [4.78, 5) is 22.1. The van der Waals surface area contributed by atoms with Crippen LogP contribution in [0, 0.1) is 0 Å². The lowest BCUT2D eigenvalue weighted by molar-refractivity contribution is 0.174. The first-order chi connectivity index (χ1) is 13.3. The summed E-state index contributed by atoms with van der Waals surface area (Å²) in [5.41, 5.74) is 4.67. The molecule has 0 radical (unpaired) electrons. The predicted octanol–water partition coefficient (Wildman–Crippen LogP) is 4.01. The van der Waals surface area contributed by atoms with Crippen LogP contribution in [0.15, 0.2) is 60.7 Å². The molecule has 0 saturated heterocycles. The van der Waals surface area contributed by atoms with E-state index < -0.39 is 0 Å². The summed E-state index contributed by atoms with van der Waals surface area (Å²) < 4.78 is 0. The number of hydrogen-bond donors (Lipinski definition) is 0. The van der Waals surface area contributed by atoms with E-state index in [9.17, 15) is 0 Å². The first-order valence-corrected chi connectivity index (χ1v) is 9.47. The number of thiazole rings is 1. The van der Waals surface area contributed by atoms with Crippen molar-refractivity contribution in [3.05, 3.63) is 61.2 Å². The summed E-state index contributed by atoms with van der Waals surface area (Å²) >= 11 is 1.60. The molecule has 136 valence electrons. The van der Waals surface area contributed by atoms with Gasteiger partial charge >= 0.3 is 0 Å². The van der Waals surface area contributed by atoms with Gasteiger partial charge in [-0.25, -0.2) is 9.97 Å². The molecule has 4 heterocycles. The second-order valence-electron chi connectivity index (χ2n) is 6.13. The average Bonchev–Trinajstić information content (AvgIpc) is 3.21. The number of oxime groups is 1. The first kappa shape index (κ1) is 17.4. The SMILES string of the molecule is C=CCO/N=C1\CCN(C)c2ccc(-c3cnc(-c4cccnc4)s3)nc21. The van der Waals surface area contributed by atoms with Gasteiger partial charge in [-0.3, -0.25) is 4.98 Å². The zero-order valence-electron chi connectivity index (χ0n) is 15.0. The third kappa shape index (κ3) is 3.59. The smallest absolute Gasteiger partial charge is 0.135 e. The molecule has 0 aliphatic carbocycles. The molecule has 1 aliphatic rings. The molecule has 6 nitrogen and oxygen atoms in total. The molecule has 7 heteroatoms. The monoisotopic (exact) mass is 377 g/mol. The number of aromatic nitrogens is 3. The molecule has 0 aromatic carbocycles. The highest BCUT2D eigenvalue weighted by Crippen LogP contribution is 2.33. The summed E-state index contributed by atoms with van der Waals surface area (Å²) in [7, 11) is 2.06. The minimum absolute atomic E-state index is 0.387. The molecule has 4 rings (SSSR count). The van der Waals surface area contributed by atoms with E-state index >= 15 is 0 Å². The molecule has 3 aromatic rings. The third-order valence-corrected chi connectivity index (χ3v) is 5.35. The van der Waals surface area contributed by atoms with E-state index in [1.165, 1.54) is 0 Å². The van der Waals surface area contributed by atoms with Gasteiger partial charge in [0.25, 0.3) is 0 Å². The van der Waals surface area contributed by atoms with Crippen LogP contribution in [-0.2, 0) is 4.84 Å². The maximum Gasteiger partial charge on any atom is 0.135 e. The number of hydrogen-bond acceptors (Lipinski definition) is 7. The summed E-state index contributed by atoms with van der Waals surface area (Å²) in [6.45, 7) is 4.92. The molecule has 1 aliphatic heterocycles. The molecule has 3 aromatic heterocycles. The van der Waals surface area contributed by atoms with E-state index in [2.05, 4.69) is 39.7 Å². The molecule has 0 spiro atoms. The minimum atomic E-state index is 0.387. The van der Waals surface area contributed by atoms with E-state index in [1.54, 1.807) is 23.6 Å². The van der Waals surface area contributed by atoms with Gasteiger partial charge in [-0.15, -0.1) is 11.3 Å². The number of fused-ring (bicyclic) bond motifs is 1. The number of anilines is 1. The van der Waals surface area contributed by atoms with Crippen molar-refractivity contribution in [3.8, 4) is 21.1 Å². The highest BCUT2D eigenvalue weighted by Gasteiger charge is 2.22. The Bertz CT molecular complexity index is 983. The molecule has 0 amide bonds. The zero-order valence-corrected chi connectivity index (χ0v) is 15.8. The Morgan fingerprint density at radius 1 is 1.33 bits per heavy atom. The van der Waals surface area contributed by atoms with Crippen molar-refractivity contribution >= 4 is 22.7 Å². The molecule has 0 atom stereocenters. The summed E-state index contributed by atoms with van der Waals surface area (Å²) in [6.07, 6.45) is 7.91. The van der Waals surface area contributed by atoms with Gasteiger partial charge in [0, 0.05) is 44.2 Å². The number of rotatable bonds is 5. The van der Waals surface area contributed by atoms with Crippen molar-refractivity contribution in [3.63, 3.8) is 0 Å². The molecule has 27 heavy (non-hydrogen) atoms. The first-order valence-electron chi connectivity index (χ1n) is 8.65. The lowest BCUT2D eigenvalue weighted by Gasteiger charge is -2.27. The number of pyridine rings is 2. The fourth-order valence-corrected chi connectivity index (χ4v) is 3.77. The summed E-state index contributed by atoms with van der Waals surface area (Å²) in [6, 6.07) is 8.04. The van der Waals surface area contributed by atoms with Crippen molar-refractivity contribution < 1.29 is 4.84 Å². The molecular weight excluding hydrogens is 358 g/mol. The Balaban J connectivity index is 1.69. The maximum atomic E-state index is 5.32. The van der Waals surface area contributed by atoms with Gasteiger partial charge in [0.15, 0.2) is 0 Å². The lowest BCUT2D eigenvalue weighted by Crippen LogP contribution is -2.29. The topological polar surface area (TPSA) is 63.5 Å². The van der Waals surface area contributed by atoms with Crippen molar-refractivity contribution in [2.24, 2.45) is 5.16 Å². The second kappa shape index (κ2) is 7.67. The van der Waals surface area contributed by atoms with Crippen LogP contribution in [0.4, 0.5) is 5.69 Å². The fourth-order valence-electron chi connectivity index (χ4n) is 2.89. The van der Waals surface area contributed by atoms with Crippen molar-refractivity contribution in [1.29, 1.82) is 0 Å². The van der Waals surface area contributed by atoms with Gasteiger partial charge in [0.05, 0.1) is 16.3 Å². The van der Waals surface area contributed by atoms with E-state index in [4.69, 9.17) is 9.82 Å². The molecular formula is C20H19N5OS. The fraction of sp³-hybridized carbons (Fsp3) is 0.200. The van der Waals surface area contributed by atoms with Crippen LogP contribution >= 0.6 is 11.3 Å². The zero-order chi connectivity index (χ0) is 18.6. The van der Waals surface area contributed by atoms with Crippen molar-refractivity contribution in [2.45, 2.75) is 6.42 Å². The van der Waals surface area contributed by atoms with E-state index in [1.807, 2.05) is 30.6 Å². The Morgan fingerprint density at radius 3 is 3.07 bits per heavy atom. The van der Waals surface area contributed by atoms with Crippen LogP contribution < -0.4 is 4.90 Å². The summed E-state index contributed by atoms with van der Waals surface area (Å²) in [5.74, 6) is 0. The third-order valence-electron chi connectivity index (χ3n) is 4.28.